The van der Waals surface area contributed by atoms with Gasteiger partial charge in [0.15, 0.2) is 0 Å². The fourth-order valence-electron chi connectivity index (χ4n) is 2.14. The zero-order chi connectivity index (χ0) is 18.9. The molecule has 0 saturated carbocycles. The topological polar surface area (TPSA) is 120 Å². The van der Waals surface area contributed by atoms with E-state index in [0.717, 1.165) is 22.8 Å². The lowest BCUT2D eigenvalue weighted by Gasteiger charge is -2.05. The second-order valence-electron chi connectivity index (χ2n) is 5.14. The minimum atomic E-state index is -0.553. The summed E-state index contributed by atoms with van der Waals surface area (Å²) in [4.78, 5) is 34.9. The minimum absolute atomic E-state index is 0.192. The molecule has 0 fully saturated rings. The lowest BCUT2D eigenvalue weighted by atomic mass is 10.1. The van der Waals surface area contributed by atoms with Gasteiger partial charge in [-0.05, 0) is 24.3 Å². The zero-order valence-electron chi connectivity index (χ0n) is 14.2. The smallest absolute Gasteiger partial charge is 0.268 e. The van der Waals surface area contributed by atoms with E-state index in [2.05, 4.69) is 29.9 Å². The highest BCUT2D eigenvalue weighted by Gasteiger charge is 2.11. The van der Waals surface area contributed by atoms with Crippen molar-refractivity contribution in [3.05, 3.63) is 85.5 Å². The van der Waals surface area contributed by atoms with Gasteiger partial charge in [-0.1, -0.05) is 12.1 Å². The summed E-state index contributed by atoms with van der Waals surface area (Å²) in [5, 5.41) is 0. The van der Waals surface area contributed by atoms with Crippen LogP contribution in [0.5, 0.6) is 0 Å². The van der Waals surface area contributed by atoms with Crippen molar-refractivity contribution >= 4 is 5.91 Å². The van der Waals surface area contributed by atoms with Crippen LogP contribution in [0.1, 0.15) is 10.5 Å². The van der Waals surface area contributed by atoms with Gasteiger partial charge in [-0.15, -0.1) is 0 Å². The van der Waals surface area contributed by atoms with Crippen molar-refractivity contribution in [1.29, 1.82) is 0 Å². The highest BCUT2D eigenvalue weighted by molar-refractivity contribution is 5.90. The Hall–Kier alpha value is -4.07. The molecule has 4 aromatic rings. The van der Waals surface area contributed by atoms with E-state index in [-0.39, 0.29) is 5.69 Å². The Bertz CT molecular complexity index is 937. The lowest BCUT2D eigenvalue weighted by molar-refractivity contribution is 0.0995. The standard InChI is InChI=1S/C14H10N4.C5H5N3O/c1-3-7-15-11(5-1)13-14(18-10-9-17-13)12-6-2-4-8-16-12;6-5(9)4-3-7-1-2-8-4/h1-10H;1-3H,(H2,6,9). The summed E-state index contributed by atoms with van der Waals surface area (Å²) in [5.74, 6) is -0.553. The maximum atomic E-state index is 10.3. The number of nitrogens with two attached hydrogens (primary N) is 1. The first-order chi connectivity index (χ1) is 13.3. The molecule has 2 N–H and O–H groups in total. The molecule has 0 spiro atoms. The van der Waals surface area contributed by atoms with Gasteiger partial charge >= 0.3 is 0 Å². The van der Waals surface area contributed by atoms with Crippen molar-refractivity contribution in [3.63, 3.8) is 0 Å². The van der Waals surface area contributed by atoms with Crippen LogP contribution >= 0.6 is 0 Å². The first kappa shape index (κ1) is 17.7. The van der Waals surface area contributed by atoms with E-state index >= 15 is 0 Å². The summed E-state index contributed by atoms with van der Waals surface area (Å²) in [6.45, 7) is 0. The molecule has 132 valence electrons. The van der Waals surface area contributed by atoms with Gasteiger partial charge in [-0.25, -0.2) is 4.98 Å². The summed E-state index contributed by atoms with van der Waals surface area (Å²) in [6, 6.07) is 11.4. The Labute approximate surface area is 155 Å². The second kappa shape index (κ2) is 8.86. The van der Waals surface area contributed by atoms with Crippen LogP contribution < -0.4 is 5.73 Å². The maximum Gasteiger partial charge on any atom is 0.268 e. The first-order valence-electron chi connectivity index (χ1n) is 7.95. The Morgan fingerprint density at radius 1 is 0.667 bits per heavy atom. The molecule has 0 unspecified atom stereocenters. The number of nitrogens with zero attached hydrogens (tertiary/aromatic N) is 6. The Kier molecular flexibility index (Phi) is 5.82. The molecule has 4 aromatic heterocycles. The summed E-state index contributed by atoms with van der Waals surface area (Å²) < 4.78 is 0. The molecule has 0 bridgehead atoms. The van der Waals surface area contributed by atoms with Crippen LogP contribution in [0.15, 0.2) is 79.8 Å². The fraction of sp³-hybridized carbons (Fsp3) is 0. The monoisotopic (exact) mass is 357 g/mol. The molecular formula is C19H15N7O. The summed E-state index contributed by atoms with van der Waals surface area (Å²) in [7, 11) is 0. The summed E-state index contributed by atoms with van der Waals surface area (Å²) in [5.41, 5.74) is 8.15. The molecule has 4 heterocycles. The summed E-state index contributed by atoms with van der Waals surface area (Å²) in [6.07, 6.45) is 11.0. The fourth-order valence-corrected chi connectivity index (χ4v) is 2.14. The molecule has 0 saturated heterocycles. The number of carbonyl (C=O) groups is 1. The number of hydrogen-bond donors (Lipinski definition) is 1. The average molecular weight is 357 g/mol. The molecule has 27 heavy (non-hydrogen) atoms. The summed E-state index contributed by atoms with van der Waals surface area (Å²) >= 11 is 0. The molecule has 0 radical (unpaired) electrons. The Morgan fingerprint density at radius 2 is 1.22 bits per heavy atom. The van der Waals surface area contributed by atoms with Gasteiger partial charge in [-0.3, -0.25) is 29.7 Å². The van der Waals surface area contributed by atoms with E-state index in [1.54, 1.807) is 24.8 Å². The molecule has 0 aliphatic rings. The van der Waals surface area contributed by atoms with Crippen LogP contribution in [0, 0.1) is 0 Å². The molecule has 1 amide bonds. The third-order valence-corrected chi connectivity index (χ3v) is 3.33. The third-order valence-electron chi connectivity index (χ3n) is 3.33. The predicted octanol–water partition coefficient (Wildman–Crippen LogP) is 2.18. The van der Waals surface area contributed by atoms with Gasteiger partial charge in [-0.2, -0.15) is 0 Å². The SMILES string of the molecule is NC(=O)c1cnccn1.c1ccc(-c2nccnc2-c2ccccn2)nc1. The van der Waals surface area contributed by atoms with Crippen LogP contribution in [0.2, 0.25) is 0 Å². The Balaban J connectivity index is 0.000000197. The molecule has 8 nitrogen and oxygen atoms in total. The lowest BCUT2D eigenvalue weighted by Crippen LogP contribution is -2.12. The maximum absolute atomic E-state index is 10.3. The largest absolute Gasteiger partial charge is 0.364 e. The van der Waals surface area contributed by atoms with Crippen LogP contribution in [-0.2, 0) is 0 Å². The van der Waals surface area contributed by atoms with Gasteiger partial charge in [0, 0.05) is 37.2 Å². The van der Waals surface area contributed by atoms with Crippen molar-refractivity contribution in [2.24, 2.45) is 5.73 Å². The van der Waals surface area contributed by atoms with Gasteiger partial charge in [0.25, 0.3) is 5.91 Å². The number of amides is 1. The molecule has 0 aliphatic heterocycles. The highest BCUT2D eigenvalue weighted by Crippen LogP contribution is 2.24. The number of aromatic nitrogens is 6. The number of pyridine rings is 2. The van der Waals surface area contributed by atoms with E-state index < -0.39 is 5.91 Å². The van der Waals surface area contributed by atoms with Gasteiger partial charge < -0.3 is 5.73 Å². The number of carbonyl (C=O) groups excluding carboxylic acids is 1. The van der Waals surface area contributed by atoms with E-state index in [9.17, 15) is 4.79 Å². The van der Waals surface area contributed by atoms with Crippen molar-refractivity contribution < 1.29 is 4.79 Å². The second-order valence-corrected chi connectivity index (χ2v) is 5.14. The van der Waals surface area contributed by atoms with Crippen LogP contribution in [-0.4, -0.2) is 35.8 Å². The minimum Gasteiger partial charge on any atom is -0.364 e. The highest BCUT2D eigenvalue weighted by atomic mass is 16.1. The van der Waals surface area contributed by atoms with Crippen LogP contribution in [0.25, 0.3) is 22.8 Å². The predicted molar refractivity (Wildman–Crippen MR) is 99.0 cm³/mol. The normalized spacial score (nSPS) is 9.78. The first-order valence-corrected chi connectivity index (χ1v) is 7.95. The van der Waals surface area contributed by atoms with Crippen molar-refractivity contribution in [2.45, 2.75) is 0 Å². The van der Waals surface area contributed by atoms with Gasteiger partial charge in [0.2, 0.25) is 0 Å². The number of hydrogen-bond acceptors (Lipinski definition) is 7. The third kappa shape index (κ3) is 4.73. The number of rotatable bonds is 3. The molecule has 0 atom stereocenters. The van der Waals surface area contributed by atoms with Crippen molar-refractivity contribution in [3.8, 4) is 22.8 Å². The van der Waals surface area contributed by atoms with Gasteiger partial charge in [0.1, 0.15) is 17.1 Å². The molecule has 0 aliphatic carbocycles. The van der Waals surface area contributed by atoms with Crippen LogP contribution in [0.3, 0.4) is 0 Å². The van der Waals surface area contributed by atoms with Crippen LogP contribution in [0.4, 0.5) is 0 Å². The van der Waals surface area contributed by atoms with E-state index in [1.165, 1.54) is 18.6 Å². The van der Waals surface area contributed by atoms with E-state index in [4.69, 9.17) is 5.73 Å². The van der Waals surface area contributed by atoms with E-state index in [0.29, 0.717) is 0 Å². The molecule has 8 heteroatoms. The van der Waals surface area contributed by atoms with Crippen molar-refractivity contribution in [2.75, 3.05) is 0 Å². The molecule has 0 aromatic carbocycles. The zero-order valence-corrected chi connectivity index (χ0v) is 14.2. The quantitative estimate of drug-likeness (QED) is 0.596. The van der Waals surface area contributed by atoms with Crippen molar-refractivity contribution in [1.82, 2.24) is 29.9 Å². The molecular weight excluding hydrogens is 342 g/mol. The molecule has 4 rings (SSSR count). The Morgan fingerprint density at radius 3 is 1.59 bits per heavy atom. The number of primary amides is 1. The average Bonchev–Trinajstić information content (AvgIpc) is 2.76. The van der Waals surface area contributed by atoms with E-state index in [1.807, 2.05) is 36.4 Å². The van der Waals surface area contributed by atoms with Gasteiger partial charge in [0.05, 0.1) is 17.6 Å².